The first kappa shape index (κ1) is 33.9. The third kappa shape index (κ3) is 5.42. The highest BCUT2D eigenvalue weighted by Gasteiger charge is 2.24. The Balaban J connectivity index is 1.19. The number of hydrogen-bond donors (Lipinski definition) is 0. The second-order valence-corrected chi connectivity index (χ2v) is 15.1. The Morgan fingerprint density at radius 1 is 0.300 bits per heavy atom. The van der Waals surface area contributed by atoms with Crippen LogP contribution in [0.5, 0.6) is 0 Å². The van der Waals surface area contributed by atoms with Crippen LogP contribution in [0, 0.1) is 0 Å². The first-order valence-corrected chi connectivity index (χ1v) is 20.2. The molecule has 60 heavy (non-hydrogen) atoms. The number of pyridine rings is 1. The first-order valence-electron chi connectivity index (χ1n) is 20.2. The van der Waals surface area contributed by atoms with Crippen LogP contribution in [-0.4, -0.2) is 28.9 Å². The zero-order valence-corrected chi connectivity index (χ0v) is 32.3. The molecule has 280 valence electrons. The van der Waals surface area contributed by atoms with Crippen LogP contribution in [0.25, 0.3) is 111 Å². The monoisotopic (exact) mass is 766 g/mol. The molecule has 12 aromatic rings. The van der Waals surface area contributed by atoms with Crippen LogP contribution in [0.15, 0.2) is 206 Å². The molecule has 0 aliphatic carbocycles. The fraction of sp³-hybridized carbons (Fsp3) is 0. The Morgan fingerprint density at radius 3 is 1.40 bits per heavy atom. The molecule has 0 saturated heterocycles. The van der Waals surface area contributed by atoms with Gasteiger partial charge < -0.3 is 0 Å². The second-order valence-electron chi connectivity index (χ2n) is 15.1. The molecule has 4 heterocycles. The molecule has 6 heteroatoms. The molecule has 0 amide bonds. The number of nitrogens with zero attached hydrogens (tertiary/aromatic N) is 6. The van der Waals surface area contributed by atoms with E-state index in [0.29, 0.717) is 17.6 Å². The Morgan fingerprint density at radius 2 is 0.767 bits per heavy atom. The van der Waals surface area contributed by atoms with Gasteiger partial charge in [0.25, 0.3) is 0 Å². The van der Waals surface area contributed by atoms with Crippen LogP contribution >= 0.6 is 0 Å². The summed E-state index contributed by atoms with van der Waals surface area (Å²) in [6, 6.07) is 72.1. The lowest BCUT2D eigenvalue weighted by atomic mass is 10.0. The molecule has 0 spiro atoms. The average molecular weight is 767 g/mol. The van der Waals surface area contributed by atoms with Gasteiger partial charge in [-0.05, 0) is 34.7 Å². The third-order valence-corrected chi connectivity index (χ3v) is 11.6. The van der Waals surface area contributed by atoms with Gasteiger partial charge in [-0.3, -0.25) is 8.97 Å². The van der Waals surface area contributed by atoms with E-state index >= 15 is 0 Å². The SMILES string of the molecule is c1ccc(-c2ccc(-c3nc(-c4ccccc4)c4c5ccccc5c5cc6c(cc5n34)c3ccccc3n6-c3nc(-c4ccccc4)nc(-c4ccccc4)n3)cc2)cc1. The fourth-order valence-electron chi connectivity index (χ4n) is 8.78. The number of hydrogen-bond acceptors (Lipinski definition) is 4. The van der Waals surface area contributed by atoms with E-state index in [0.717, 1.165) is 88.3 Å². The summed E-state index contributed by atoms with van der Waals surface area (Å²) in [6.07, 6.45) is 0. The number of rotatable bonds is 6. The molecule has 0 radical (unpaired) electrons. The highest BCUT2D eigenvalue weighted by atomic mass is 15.2. The Hall–Kier alpha value is -8.22. The van der Waals surface area contributed by atoms with Crippen molar-refractivity contribution in [3.05, 3.63) is 206 Å². The average Bonchev–Trinajstić information content (AvgIpc) is 3.89. The standard InChI is InChI=1S/C54H34N6/c1-5-17-35(18-6-1)36-29-31-40(32-30-36)53-55-49(37-19-7-2-8-20-37)50-43-27-14-13-25-41(43)44-33-47-45(34-48(44)60(50)53)42-26-15-16-28-46(42)59(47)54-57-51(38-21-9-3-10-22-38)56-52(58-54)39-23-11-4-12-24-39/h1-34H. The van der Waals surface area contributed by atoms with Crippen molar-refractivity contribution in [2.75, 3.05) is 0 Å². The van der Waals surface area contributed by atoms with Crippen LogP contribution in [0.3, 0.4) is 0 Å². The topological polar surface area (TPSA) is 60.9 Å². The summed E-state index contributed by atoms with van der Waals surface area (Å²) in [5.41, 5.74) is 11.4. The molecule has 0 fully saturated rings. The Kier molecular flexibility index (Phi) is 7.74. The summed E-state index contributed by atoms with van der Waals surface area (Å²) in [4.78, 5) is 21.0. The molecule has 0 aliphatic heterocycles. The summed E-state index contributed by atoms with van der Waals surface area (Å²) in [7, 11) is 0. The smallest absolute Gasteiger partial charge is 0.238 e. The van der Waals surface area contributed by atoms with E-state index in [1.54, 1.807) is 0 Å². The van der Waals surface area contributed by atoms with Crippen LogP contribution in [0.2, 0.25) is 0 Å². The van der Waals surface area contributed by atoms with Crippen molar-refractivity contribution in [2.24, 2.45) is 0 Å². The maximum absolute atomic E-state index is 5.54. The molecular formula is C54H34N6. The largest absolute Gasteiger partial charge is 0.291 e. The lowest BCUT2D eigenvalue weighted by Gasteiger charge is -2.14. The molecular weight excluding hydrogens is 733 g/mol. The van der Waals surface area contributed by atoms with Gasteiger partial charge in [0.1, 0.15) is 5.82 Å². The van der Waals surface area contributed by atoms with Crippen LogP contribution in [0.1, 0.15) is 0 Å². The number of fused-ring (bicyclic) bond motifs is 9. The summed E-state index contributed by atoms with van der Waals surface area (Å²) in [6.45, 7) is 0. The second kappa shape index (κ2) is 13.7. The van der Waals surface area contributed by atoms with E-state index in [2.05, 4.69) is 155 Å². The van der Waals surface area contributed by atoms with E-state index in [1.165, 1.54) is 5.56 Å². The summed E-state index contributed by atoms with van der Waals surface area (Å²) in [5.74, 6) is 2.69. The number of para-hydroxylation sites is 1. The van der Waals surface area contributed by atoms with E-state index in [4.69, 9.17) is 19.9 Å². The van der Waals surface area contributed by atoms with Crippen LogP contribution in [-0.2, 0) is 0 Å². The summed E-state index contributed by atoms with van der Waals surface area (Å²) >= 11 is 0. The zero-order valence-electron chi connectivity index (χ0n) is 32.3. The predicted octanol–water partition coefficient (Wildman–Crippen LogP) is 13.3. The first-order chi connectivity index (χ1) is 29.8. The molecule has 12 rings (SSSR count). The van der Waals surface area contributed by atoms with Gasteiger partial charge in [-0.25, -0.2) is 9.97 Å². The van der Waals surface area contributed by atoms with Crippen molar-refractivity contribution in [3.8, 4) is 62.5 Å². The van der Waals surface area contributed by atoms with Crippen molar-refractivity contribution < 1.29 is 0 Å². The van der Waals surface area contributed by atoms with Gasteiger partial charge in [-0.2, -0.15) is 9.97 Å². The highest BCUT2D eigenvalue weighted by molar-refractivity contribution is 6.21. The van der Waals surface area contributed by atoms with Gasteiger partial charge in [0, 0.05) is 43.8 Å². The maximum Gasteiger partial charge on any atom is 0.238 e. The number of aromatic nitrogens is 6. The summed E-state index contributed by atoms with van der Waals surface area (Å²) < 4.78 is 4.59. The quantitative estimate of drug-likeness (QED) is 0.158. The molecule has 0 saturated carbocycles. The highest BCUT2D eigenvalue weighted by Crippen LogP contribution is 2.42. The minimum Gasteiger partial charge on any atom is -0.291 e. The molecule has 4 aromatic heterocycles. The van der Waals surface area contributed by atoms with Crippen molar-refractivity contribution in [2.45, 2.75) is 0 Å². The maximum atomic E-state index is 5.54. The molecule has 0 atom stereocenters. The molecule has 8 aromatic carbocycles. The van der Waals surface area contributed by atoms with Gasteiger partial charge in [-0.1, -0.05) is 188 Å². The van der Waals surface area contributed by atoms with Crippen molar-refractivity contribution >= 4 is 49.0 Å². The normalized spacial score (nSPS) is 11.7. The molecule has 6 nitrogen and oxygen atoms in total. The van der Waals surface area contributed by atoms with Gasteiger partial charge in [0.2, 0.25) is 5.95 Å². The van der Waals surface area contributed by atoms with Gasteiger partial charge >= 0.3 is 0 Å². The van der Waals surface area contributed by atoms with Gasteiger partial charge in [-0.15, -0.1) is 0 Å². The number of benzene rings is 8. The van der Waals surface area contributed by atoms with Crippen LogP contribution in [0.4, 0.5) is 0 Å². The lowest BCUT2D eigenvalue weighted by molar-refractivity contribution is 0.954. The summed E-state index contributed by atoms with van der Waals surface area (Å²) in [5, 5.41) is 5.58. The van der Waals surface area contributed by atoms with Gasteiger partial charge in [0.15, 0.2) is 11.6 Å². The molecule has 0 aliphatic rings. The zero-order chi connectivity index (χ0) is 39.6. The molecule has 0 unspecified atom stereocenters. The third-order valence-electron chi connectivity index (χ3n) is 11.6. The van der Waals surface area contributed by atoms with Crippen molar-refractivity contribution in [3.63, 3.8) is 0 Å². The van der Waals surface area contributed by atoms with Crippen molar-refractivity contribution in [1.82, 2.24) is 28.9 Å². The molecule has 0 bridgehead atoms. The van der Waals surface area contributed by atoms with E-state index in [9.17, 15) is 0 Å². The minimum absolute atomic E-state index is 0.562. The lowest BCUT2D eigenvalue weighted by Crippen LogP contribution is -2.06. The van der Waals surface area contributed by atoms with E-state index < -0.39 is 0 Å². The van der Waals surface area contributed by atoms with Gasteiger partial charge in [0.05, 0.1) is 27.8 Å². The molecule has 0 N–H and O–H groups in total. The Bertz CT molecular complexity index is 3500. The predicted molar refractivity (Wildman–Crippen MR) is 245 cm³/mol. The fourth-order valence-corrected chi connectivity index (χ4v) is 8.78. The van der Waals surface area contributed by atoms with E-state index in [1.807, 2.05) is 60.7 Å². The van der Waals surface area contributed by atoms with Crippen LogP contribution < -0.4 is 0 Å². The minimum atomic E-state index is 0.562. The number of imidazole rings is 1. The van der Waals surface area contributed by atoms with E-state index in [-0.39, 0.29) is 0 Å². The van der Waals surface area contributed by atoms with Crippen molar-refractivity contribution in [1.29, 1.82) is 0 Å². The Labute approximate surface area is 345 Å².